The normalized spacial score (nSPS) is 9.59. The molecule has 6 heteroatoms. The Kier molecular flexibility index (Phi) is 4.78. The maximum Gasteiger partial charge on any atom is 0.407 e. The Morgan fingerprint density at radius 3 is 2.71 bits per heavy atom. The smallest absolute Gasteiger partial charge is 0.407 e. The maximum absolute atomic E-state index is 11.4. The number of benzene rings is 1. The van der Waals surface area contributed by atoms with E-state index >= 15 is 0 Å². The zero-order valence-corrected chi connectivity index (χ0v) is 10.3. The highest BCUT2D eigenvalue weighted by Crippen LogP contribution is 2.22. The first-order chi connectivity index (χ1) is 8.02. The number of alkyl carbamates (subject to hydrolysis) is 1. The van der Waals surface area contributed by atoms with E-state index < -0.39 is 6.09 Å². The Hall–Kier alpha value is -1.75. The van der Waals surface area contributed by atoms with Crippen LogP contribution in [0.1, 0.15) is 5.56 Å². The first-order valence-corrected chi connectivity index (χ1v) is 5.28. The standard InChI is InChI=1S/C11H13ClN2O3/c1-7-3-4-9(8(12)5-7)14-10(15)6-13-11(16)17-2/h3-5H,6H2,1-2H3,(H,13,16)(H,14,15). The van der Waals surface area contributed by atoms with Gasteiger partial charge in [-0.2, -0.15) is 0 Å². The van der Waals surface area contributed by atoms with Crippen molar-refractivity contribution in [2.75, 3.05) is 19.0 Å². The van der Waals surface area contributed by atoms with Crippen molar-refractivity contribution in [3.63, 3.8) is 0 Å². The van der Waals surface area contributed by atoms with Crippen LogP contribution in [0.25, 0.3) is 0 Å². The van der Waals surface area contributed by atoms with Gasteiger partial charge in [0, 0.05) is 0 Å². The number of halogens is 1. The lowest BCUT2D eigenvalue weighted by molar-refractivity contribution is -0.115. The van der Waals surface area contributed by atoms with Crippen molar-refractivity contribution >= 4 is 29.3 Å². The van der Waals surface area contributed by atoms with Crippen molar-refractivity contribution in [1.82, 2.24) is 5.32 Å². The van der Waals surface area contributed by atoms with Crippen LogP contribution in [-0.2, 0) is 9.53 Å². The molecule has 0 bridgehead atoms. The topological polar surface area (TPSA) is 67.4 Å². The quantitative estimate of drug-likeness (QED) is 0.869. The van der Waals surface area contributed by atoms with Crippen LogP contribution >= 0.6 is 11.6 Å². The first kappa shape index (κ1) is 13.3. The van der Waals surface area contributed by atoms with Gasteiger partial charge < -0.3 is 15.4 Å². The molecule has 2 N–H and O–H groups in total. The second kappa shape index (κ2) is 6.10. The number of hydrogen-bond acceptors (Lipinski definition) is 3. The van der Waals surface area contributed by atoms with Gasteiger partial charge in [0.05, 0.1) is 17.8 Å². The van der Waals surface area contributed by atoms with E-state index in [0.717, 1.165) is 5.56 Å². The second-order valence-electron chi connectivity index (χ2n) is 3.38. The number of amides is 2. The molecule has 0 atom stereocenters. The Morgan fingerprint density at radius 2 is 2.12 bits per heavy atom. The van der Waals surface area contributed by atoms with E-state index in [-0.39, 0.29) is 12.5 Å². The van der Waals surface area contributed by atoms with Crippen LogP contribution in [0, 0.1) is 6.92 Å². The van der Waals surface area contributed by atoms with Gasteiger partial charge in [-0.1, -0.05) is 17.7 Å². The summed E-state index contributed by atoms with van der Waals surface area (Å²) in [5.74, 6) is -0.374. The van der Waals surface area contributed by atoms with Crippen molar-refractivity contribution < 1.29 is 14.3 Å². The average molecular weight is 257 g/mol. The molecule has 5 nitrogen and oxygen atoms in total. The number of anilines is 1. The highest BCUT2D eigenvalue weighted by atomic mass is 35.5. The highest BCUT2D eigenvalue weighted by molar-refractivity contribution is 6.33. The summed E-state index contributed by atoms with van der Waals surface area (Å²) in [6, 6.07) is 5.27. The third-order valence-corrected chi connectivity index (χ3v) is 2.29. The molecule has 0 heterocycles. The van der Waals surface area contributed by atoms with Gasteiger partial charge in [-0.05, 0) is 24.6 Å². The molecule has 0 unspecified atom stereocenters. The van der Waals surface area contributed by atoms with Crippen LogP contribution < -0.4 is 10.6 Å². The molecular formula is C11H13ClN2O3. The van der Waals surface area contributed by atoms with Gasteiger partial charge in [-0.3, -0.25) is 4.79 Å². The molecule has 0 saturated heterocycles. The summed E-state index contributed by atoms with van der Waals surface area (Å²) in [7, 11) is 1.23. The van der Waals surface area contributed by atoms with Crippen LogP contribution in [0.3, 0.4) is 0 Å². The zero-order valence-electron chi connectivity index (χ0n) is 9.54. The largest absolute Gasteiger partial charge is 0.453 e. The minimum Gasteiger partial charge on any atom is -0.453 e. The number of carbonyl (C=O) groups is 2. The van der Waals surface area contributed by atoms with E-state index in [4.69, 9.17) is 11.6 Å². The molecule has 0 aromatic heterocycles. The predicted molar refractivity (Wildman–Crippen MR) is 65.2 cm³/mol. The van der Waals surface area contributed by atoms with Crippen molar-refractivity contribution in [3.8, 4) is 0 Å². The molecule has 0 fully saturated rings. The van der Waals surface area contributed by atoms with Crippen LogP contribution in [-0.4, -0.2) is 25.7 Å². The molecule has 92 valence electrons. The lowest BCUT2D eigenvalue weighted by Crippen LogP contribution is -2.32. The van der Waals surface area contributed by atoms with Crippen molar-refractivity contribution in [3.05, 3.63) is 28.8 Å². The molecule has 2 amide bonds. The molecule has 17 heavy (non-hydrogen) atoms. The average Bonchev–Trinajstić information content (AvgIpc) is 2.29. The SMILES string of the molecule is COC(=O)NCC(=O)Nc1ccc(C)cc1Cl. The van der Waals surface area contributed by atoms with Gasteiger partial charge in [-0.25, -0.2) is 4.79 Å². The molecule has 0 aliphatic rings. The van der Waals surface area contributed by atoms with Gasteiger partial charge in [0.25, 0.3) is 0 Å². The van der Waals surface area contributed by atoms with E-state index in [0.29, 0.717) is 10.7 Å². The minimum atomic E-state index is -0.657. The Balaban J connectivity index is 2.53. The molecule has 0 spiro atoms. The van der Waals surface area contributed by atoms with Gasteiger partial charge in [-0.15, -0.1) is 0 Å². The Morgan fingerprint density at radius 1 is 1.41 bits per heavy atom. The zero-order chi connectivity index (χ0) is 12.8. The van der Waals surface area contributed by atoms with E-state index in [2.05, 4.69) is 15.4 Å². The van der Waals surface area contributed by atoms with Crippen LogP contribution in [0.2, 0.25) is 5.02 Å². The fourth-order valence-corrected chi connectivity index (χ4v) is 1.42. The van der Waals surface area contributed by atoms with Gasteiger partial charge in [0.2, 0.25) is 5.91 Å². The number of rotatable bonds is 3. The monoisotopic (exact) mass is 256 g/mol. The maximum atomic E-state index is 11.4. The third-order valence-electron chi connectivity index (χ3n) is 1.98. The number of aryl methyl sites for hydroxylation is 1. The molecule has 0 aliphatic heterocycles. The molecule has 1 aromatic rings. The number of nitrogens with one attached hydrogen (secondary N) is 2. The van der Waals surface area contributed by atoms with Crippen LogP contribution in [0.5, 0.6) is 0 Å². The fraction of sp³-hybridized carbons (Fsp3) is 0.273. The van der Waals surface area contributed by atoms with Crippen molar-refractivity contribution in [2.45, 2.75) is 6.92 Å². The molecule has 0 aliphatic carbocycles. The van der Waals surface area contributed by atoms with Gasteiger partial charge in [0.15, 0.2) is 0 Å². The fourth-order valence-electron chi connectivity index (χ4n) is 1.14. The summed E-state index contributed by atoms with van der Waals surface area (Å²) in [6.45, 7) is 1.73. The summed E-state index contributed by atoms with van der Waals surface area (Å²) in [6.07, 6.45) is -0.657. The number of hydrogen-bond donors (Lipinski definition) is 2. The number of ether oxygens (including phenoxy) is 1. The number of methoxy groups -OCH3 is 1. The minimum absolute atomic E-state index is 0.170. The summed E-state index contributed by atoms with van der Waals surface area (Å²) >= 11 is 5.94. The molecule has 1 aromatic carbocycles. The lowest BCUT2D eigenvalue weighted by Gasteiger charge is -2.08. The summed E-state index contributed by atoms with van der Waals surface area (Å²) in [4.78, 5) is 22.2. The molecular weight excluding hydrogens is 244 g/mol. The first-order valence-electron chi connectivity index (χ1n) is 4.90. The molecule has 0 saturated carbocycles. The second-order valence-corrected chi connectivity index (χ2v) is 3.78. The lowest BCUT2D eigenvalue weighted by atomic mass is 10.2. The summed E-state index contributed by atoms with van der Waals surface area (Å²) in [5, 5.41) is 5.30. The number of carbonyl (C=O) groups excluding carboxylic acids is 2. The van der Waals surface area contributed by atoms with Crippen LogP contribution in [0.15, 0.2) is 18.2 Å². The van der Waals surface area contributed by atoms with E-state index in [1.165, 1.54) is 7.11 Å². The summed E-state index contributed by atoms with van der Waals surface area (Å²) < 4.78 is 4.33. The Bertz CT molecular complexity index is 435. The van der Waals surface area contributed by atoms with Gasteiger partial charge in [0.1, 0.15) is 6.54 Å². The van der Waals surface area contributed by atoms with Crippen LogP contribution in [0.4, 0.5) is 10.5 Å². The van der Waals surface area contributed by atoms with E-state index in [1.54, 1.807) is 12.1 Å². The van der Waals surface area contributed by atoms with E-state index in [9.17, 15) is 9.59 Å². The third kappa shape index (κ3) is 4.32. The molecule has 0 radical (unpaired) electrons. The molecule has 1 rings (SSSR count). The summed E-state index contributed by atoms with van der Waals surface area (Å²) in [5.41, 5.74) is 1.51. The predicted octanol–water partition coefficient (Wildman–Crippen LogP) is 1.94. The Labute approximate surface area is 104 Å². The van der Waals surface area contributed by atoms with Crippen molar-refractivity contribution in [1.29, 1.82) is 0 Å². The van der Waals surface area contributed by atoms with Crippen molar-refractivity contribution in [2.24, 2.45) is 0 Å². The highest BCUT2D eigenvalue weighted by Gasteiger charge is 2.07. The van der Waals surface area contributed by atoms with E-state index in [1.807, 2.05) is 13.0 Å². The van der Waals surface area contributed by atoms with Gasteiger partial charge >= 0.3 is 6.09 Å².